The zero-order valence-electron chi connectivity index (χ0n) is 9.75. The first-order chi connectivity index (χ1) is 8.70. The molecular formula is C14H11NO2S. The highest BCUT2D eigenvalue weighted by molar-refractivity contribution is 7.13. The van der Waals surface area contributed by atoms with E-state index in [4.69, 9.17) is 0 Å². The van der Waals surface area contributed by atoms with E-state index in [1.54, 1.807) is 12.1 Å². The average Bonchev–Trinajstić information content (AvgIpc) is 2.90. The van der Waals surface area contributed by atoms with Crippen LogP contribution in [0, 0.1) is 0 Å². The van der Waals surface area contributed by atoms with Crippen LogP contribution in [-0.2, 0) is 7.05 Å². The van der Waals surface area contributed by atoms with Gasteiger partial charge < -0.3 is 9.67 Å². The highest BCUT2D eigenvalue weighted by Gasteiger charge is 2.15. The minimum Gasteiger partial charge on any atom is -0.503 e. The van der Waals surface area contributed by atoms with Crippen molar-refractivity contribution in [2.45, 2.75) is 0 Å². The van der Waals surface area contributed by atoms with Gasteiger partial charge in [0, 0.05) is 12.4 Å². The van der Waals surface area contributed by atoms with Gasteiger partial charge >= 0.3 is 0 Å². The highest BCUT2D eigenvalue weighted by atomic mass is 32.1. The highest BCUT2D eigenvalue weighted by Crippen LogP contribution is 2.32. The summed E-state index contributed by atoms with van der Waals surface area (Å²) in [5, 5.41) is 12.6. The third kappa shape index (κ3) is 1.46. The van der Waals surface area contributed by atoms with Crippen LogP contribution in [-0.4, -0.2) is 9.67 Å². The Hall–Kier alpha value is -2.07. The third-order valence-electron chi connectivity index (χ3n) is 3.04. The maximum absolute atomic E-state index is 12.1. The number of hydrogen-bond acceptors (Lipinski definition) is 3. The van der Waals surface area contributed by atoms with Crippen LogP contribution in [0.1, 0.15) is 0 Å². The Labute approximate surface area is 108 Å². The van der Waals surface area contributed by atoms with Crippen LogP contribution in [0.15, 0.2) is 46.6 Å². The molecule has 0 atom stereocenters. The minimum atomic E-state index is -0.313. The maximum Gasteiger partial charge on any atom is 0.231 e. The molecule has 3 rings (SSSR count). The van der Waals surface area contributed by atoms with Crippen LogP contribution >= 0.6 is 11.3 Å². The Bertz CT molecular complexity index is 772. The van der Waals surface area contributed by atoms with Crippen LogP contribution in [0.5, 0.6) is 5.75 Å². The van der Waals surface area contributed by atoms with E-state index in [9.17, 15) is 9.90 Å². The number of para-hydroxylation sites is 1. The molecule has 0 bridgehead atoms. The van der Waals surface area contributed by atoms with Crippen molar-refractivity contribution < 1.29 is 5.11 Å². The topological polar surface area (TPSA) is 42.2 Å². The molecule has 2 heterocycles. The van der Waals surface area contributed by atoms with Gasteiger partial charge in [-0.1, -0.05) is 18.2 Å². The second kappa shape index (κ2) is 3.99. The number of aromatic hydroxyl groups is 1. The molecule has 0 aliphatic rings. The first-order valence-electron chi connectivity index (χ1n) is 5.54. The summed E-state index contributed by atoms with van der Waals surface area (Å²) in [5.41, 5.74) is 1.09. The number of aryl methyl sites for hydroxylation is 1. The molecule has 0 spiro atoms. The van der Waals surface area contributed by atoms with Crippen LogP contribution in [0.25, 0.3) is 21.5 Å². The minimum absolute atomic E-state index is 0.182. The van der Waals surface area contributed by atoms with Crippen molar-refractivity contribution in [1.82, 2.24) is 4.57 Å². The van der Waals surface area contributed by atoms with Gasteiger partial charge in [-0.15, -0.1) is 11.3 Å². The average molecular weight is 257 g/mol. The number of nitrogens with zero attached hydrogens (tertiary/aromatic N) is 1. The summed E-state index contributed by atoms with van der Waals surface area (Å²) in [7, 11) is 1.86. The monoisotopic (exact) mass is 257 g/mol. The van der Waals surface area contributed by atoms with E-state index in [0.29, 0.717) is 11.1 Å². The van der Waals surface area contributed by atoms with Crippen LogP contribution in [0.4, 0.5) is 0 Å². The first kappa shape index (κ1) is 11.0. The van der Waals surface area contributed by atoms with Crippen LogP contribution < -0.4 is 5.43 Å². The second-order valence-electron chi connectivity index (χ2n) is 4.08. The molecule has 3 aromatic rings. The number of thiophene rings is 1. The fraction of sp³-hybridized carbons (Fsp3) is 0.0714. The van der Waals surface area contributed by atoms with Gasteiger partial charge in [-0.2, -0.15) is 0 Å². The lowest BCUT2D eigenvalue weighted by Gasteiger charge is -2.12. The van der Waals surface area contributed by atoms with Gasteiger partial charge in [0.1, 0.15) is 5.69 Å². The van der Waals surface area contributed by atoms with Crippen molar-refractivity contribution in [2.24, 2.45) is 7.05 Å². The Balaban J connectivity index is 2.51. The summed E-state index contributed by atoms with van der Waals surface area (Å²) in [6.07, 6.45) is 0. The van der Waals surface area contributed by atoms with Gasteiger partial charge in [0.2, 0.25) is 5.43 Å². The first-order valence-corrected chi connectivity index (χ1v) is 6.42. The molecule has 0 aliphatic heterocycles. The summed E-state index contributed by atoms with van der Waals surface area (Å²) < 4.78 is 1.86. The SMILES string of the molecule is Cn1c(-c2cccs2)c(O)c(=O)c2ccccc21. The Morgan fingerprint density at radius 2 is 1.94 bits per heavy atom. The van der Waals surface area contributed by atoms with E-state index in [2.05, 4.69) is 0 Å². The van der Waals surface area contributed by atoms with Gasteiger partial charge in [0.25, 0.3) is 0 Å². The number of pyridine rings is 1. The quantitative estimate of drug-likeness (QED) is 0.728. The number of fused-ring (bicyclic) bond motifs is 1. The van der Waals surface area contributed by atoms with Gasteiger partial charge in [0.05, 0.1) is 10.4 Å². The molecule has 1 N–H and O–H groups in total. The normalized spacial score (nSPS) is 10.9. The molecule has 0 amide bonds. The molecule has 3 nitrogen and oxygen atoms in total. The molecule has 0 aliphatic carbocycles. The molecule has 0 saturated heterocycles. The standard InChI is InChI=1S/C14H11NO2S/c1-15-10-6-3-2-5-9(10)13(16)14(17)12(15)11-7-4-8-18-11/h2-8,17H,1H3. The van der Waals surface area contributed by atoms with Crippen molar-refractivity contribution in [3.05, 3.63) is 52.0 Å². The molecule has 0 unspecified atom stereocenters. The predicted molar refractivity (Wildman–Crippen MR) is 74.2 cm³/mol. The molecule has 90 valence electrons. The van der Waals surface area contributed by atoms with Crippen LogP contribution in [0.2, 0.25) is 0 Å². The van der Waals surface area contributed by atoms with E-state index in [1.165, 1.54) is 11.3 Å². The molecule has 4 heteroatoms. The predicted octanol–water partition coefficient (Wildman–Crippen LogP) is 2.97. The third-order valence-corrected chi connectivity index (χ3v) is 3.92. The molecule has 0 fully saturated rings. The summed E-state index contributed by atoms with van der Waals surface area (Å²) in [4.78, 5) is 13.0. The van der Waals surface area contributed by atoms with Gasteiger partial charge in [-0.25, -0.2) is 0 Å². The van der Waals surface area contributed by atoms with E-state index in [0.717, 1.165) is 10.4 Å². The van der Waals surface area contributed by atoms with Crippen molar-refractivity contribution in [1.29, 1.82) is 0 Å². The number of benzene rings is 1. The van der Waals surface area contributed by atoms with Crippen molar-refractivity contribution in [3.8, 4) is 16.3 Å². The lowest BCUT2D eigenvalue weighted by atomic mass is 10.1. The molecule has 18 heavy (non-hydrogen) atoms. The van der Waals surface area contributed by atoms with Crippen molar-refractivity contribution in [2.75, 3.05) is 0 Å². The summed E-state index contributed by atoms with van der Waals surface area (Å²) in [6, 6.07) is 11.1. The van der Waals surface area contributed by atoms with Crippen molar-refractivity contribution in [3.63, 3.8) is 0 Å². The van der Waals surface area contributed by atoms with Crippen molar-refractivity contribution >= 4 is 22.2 Å². The second-order valence-corrected chi connectivity index (χ2v) is 5.03. The Kier molecular flexibility index (Phi) is 2.45. The van der Waals surface area contributed by atoms with Gasteiger partial charge in [-0.3, -0.25) is 4.79 Å². The fourth-order valence-electron chi connectivity index (χ4n) is 2.17. The molecule has 0 saturated carbocycles. The number of aromatic nitrogens is 1. The Morgan fingerprint density at radius 1 is 1.17 bits per heavy atom. The van der Waals surface area contributed by atoms with E-state index < -0.39 is 0 Å². The zero-order valence-corrected chi connectivity index (χ0v) is 10.6. The molecule has 1 aromatic carbocycles. The maximum atomic E-state index is 12.1. The number of rotatable bonds is 1. The van der Waals surface area contributed by atoms with E-state index >= 15 is 0 Å². The molecular weight excluding hydrogens is 246 g/mol. The van der Waals surface area contributed by atoms with Gasteiger partial charge in [0.15, 0.2) is 5.75 Å². The lowest BCUT2D eigenvalue weighted by molar-refractivity contribution is 0.469. The summed E-state index contributed by atoms with van der Waals surface area (Å²) >= 11 is 1.50. The zero-order chi connectivity index (χ0) is 12.7. The molecule has 2 aromatic heterocycles. The lowest BCUT2D eigenvalue weighted by Crippen LogP contribution is -2.09. The molecule has 0 radical (unpaired) electrons. The van der Waals surface area contributed by atoms with Gasteiger partial charge in [-0.05, 0) is 23.6 Å². The fourth-order valence-corrected chi connectivity index (χ4v) is 2.97. The summed E-state index contributed by atoms with van der Waals surface area (Å²) in [6.45, 7) is 0. The summed E-state index contributed by atoms with van der Waals surface area (Å²) in [5.74, 6) is -0.182. The van der Waals surface area contributed by atoms with Crippen LogP contribution in [0.3, 0.4) is 0 Å². The smallest absolute Gasteiger partial charge is 0.231 e. The largest absolute Gasteiger partial charge is 0.503 e. The van der Waals surface area contributed by atoms with E-state index in [-0.39, 0.29) is 11.2 Å². The van der Waals surface area contributed by atoms with E-state index in [1.807, 2.05) is 41.3 Å². The Morgan fingerprint density at radius 3 is 2.67 bits per heavy atom. The number of hydrogen-bond donors (Lipinski definition) is 1.